The molecular weight excluding hydrogens is 258 g/mol. The van der Waals surface area contributed by atoms with Gasteiger partial charge in [-0.3, -0.25) is 4.79 Å². The lowest BCUT2D eigenvalue weighted by atomic mass is 9.88. The highest BCUT2D eigenvalue weighted by molar-refractivity contribution is 9.09. The fourth-order valence-electron chi connectivity index (χ4n) is 1.58. The molecular formula is C11H20BrNO2. The van der Waals surface area contributed by atoms with Crippen molar-refractivity contribution in [2.24, 2.45) is 5.41 Å². The van der Waals surface area contributed by atoms with Crippen LogP contribution in [0.15, 0.2) is 0 Å². The van der Waals surface area contributed by atoms with Crippen LogP contribution < -0.4 is 0 Å². The summed E-state index contributed by atoms with van der Waals surface area (Å²) in [4.78, 5) is 14.1. The van der Waals surface area contributed by atoms with Crippen LogP contribution in [-0.4, -0.2) is 41.9 Å². The van der Waals surface area contributed by atoms with Gasteiger partial charge in [-0.25, -0.2) is 0 Å². The van der Waals surface area contributed by atoms with Crippen molar-refractivity contribution in [1.29, 1.82) is 0 Å². The third kappa shape index (κ3) is 3.18. The zero-order valence-electron chi connectivity index (χ0n) is 9.75. The van der Waals surface area contributed by atoms with E-state index in [4.69, 9.17) is 4.74 Å². The molecule has 0 N–H and O–H groups in total. The molecule has 4 heteroatoms. The monoisotopic (exact) mass is 277 g/mol. The average molecular weight is 278 g/mol. The second kappa shape index (κ2) is 5.30. The minimum absolute atomic E-state index is 0.148. The van der Waals surface area contributed by atoms with Crippen LogP contribution in [-0.2, 0) is 9.53 Å². The van der Waals surface area contributed by atoms with Gasteiger partial charge in [-0.05, 0) is 6.42 Å². The molecule has 1 unspecified atom stereocenters. The van der Waals surface area contributed by atoms with Crippen molar-refractivity contribution >= 4 is 21.8 Å². The Balaban J connectivity index is 2.60. The molecule has 1 heterocycles. The number of hydrogen-bond acceptors (Lipinski definition) is 2. The molecule has 0 radical (unpaired) electrons. The molecule has 0 saturated carbocycles. The number of rotatable bonds is 3. The summed E-state index contributed by atoms with van der Waals surface area (Å²) >= 11 is 3.39. The lowest BCUT2D eigenvalue weighted by molar-refractivity contribution is -0.147. The number of morpholine rings is 1. The van der Waals surface area contributed by atoms with Gasteiger partial charge in [0.25, 0.3) is 0 Å². The Morgan fingerprint density at radius 3 is 2.80 bits per heavy atom. The van der Waals surface area contributed by atoms with Gasteiger partial charge in [0.15, 0.2) is 0 Å². The van der Waals surface area contributed by atoms with Crippen molar-refractivity contribution < 1.29 is 9.53 Å². The maximum Gasteiger partial charge on any atom is 0.228 e. The van der Waals surface area contributed by atoms with Crippen LogP contribution in [0.5, 0.6) is 0 Å². The second-order valence-corrected chi connectivity index (χ2v) is 5.28. The highest BCUT2D eigenvalue weighted by Crippen LogP contribution is 2.24. The lowest BCUT2D eigenvalue weighted by Crippen LogP contribution is -2.50. The fraction of sp³-hybridized carbons (Fsp3) is 0.909. The predicted octanol–water partition coefficient (Wildman–Crippen LogP) is 2.04. The maximum absolute atomic E-state index is 12.2. The predicted molar refractivity (Wildman–Crippen MR) is 64.2 cm³/mol. The number of nitrogens with zero attached hydrogens (tertiary/aromatic N) is 1. The van der Waals surface area contributed by atoms with E-state index in [1.807, 2.05) is 18.7 Å². The van der Waals surface area contributed by atoms with Crippen LogP contribution in [0.2, 0.25) is 0 Å². The van der Waals surface area contributed by atoms with E-state index in [0.717, 1.165) is 18.3 Å². The molecule has 15 heavy (non-hydrogen) atoms. The average Bonchev–Trinajstić information content (AvgIpc) is 2.28. The third-order valence-corrected chi connectivity index (χ3v) is 3.78. The Morgan fingerprint density at radius 2 is 2.27 bits per heavy atom. The van der Waals surface area contributed by atoms with Gasteiger partial charge in [0.05, 0.1) is 12.7 Å². The molecule has 1 amide bonds. The number of carbonyl (C=O) groups is 1. The Kier molecular flexibility index (Phi) is 4.59. The molecule has 1 aliphatic rings. The number of alkyl halides is 1. The van der Waals surface area contributed by atoms with Gasteiger partial charge in [-0.1, -0.05) is 36.7 Å². The van der Waals surface area contributed by atoms with E-state index in [9.17, 15) is 4.79 Å². The first kappa shape index (κ1) is 13.0. The molecule has 3 nitrogen and oxygen atoms in total. The first-order valence-corrected chi connectivity index (χ1v) is 6.60. The number of carbonyl (C=O) groups excluding carboxylic acids is 1. The van der Waals surface area contributed by atoms with Crippen molar-refractivity contribution in [2.75, 3.05) is 25.0 Å². The van der Waals surface area contributed by atoms with Crippen LogP contribution in [0.1, 0.15) is 27.2 Å². The Labute approximate surface area is 100 Å². The van der Waals surface area contributed by atoms with Crippen molar-refractivity contribution in [3.63, 3.8) is 0 Å². The summed E-state index contributed by atoms with van der Waals surface area (Å²) in [6, 6.07) is 0. The zero-order chi connectivity index (χ0) is 11.5. The minimum Gasteiger partial charge on any atom is -0.374 e. The van der Waals surface area contributed by atoms with Gasteiger partial charge in [0, 0.05) is 23.8 Å². The standard InChI is InChI=1S/C11H20BrNO2/c1-4-11(2,3)10(14)13-5-6-15-9(7-12)8-13/h9H,4-8H2,1-3H3. The maximum atomic E-state index is 12.2. The fourth-order valence-corrected chi connectivity index (χ4v) is 1.97. The first-order chi connectivity index (χ1) is 7.01. The SMILES string of the molecule is CCC(C)(C)C(=O)N1CCOC(CBr)C1. The van der Waals surface area contributed by atoms with Gasteiger partial charge in [0.2, 0.25) is 5.91 Å². The topological polar surface area (TPSA) is 29.5 Å². The minimum atomic E-state index is -0.242. The van der Waals surface area contributed by atoms with Crippen LogP contribution >= 0.6 is 15.9 Å². The summed E-state index contributed by atoms with van der Waals surface area (Å²) in [5.41, 5.74) is -0.242. The lowest BCUT2D eigenvalue weighted by Gasteiger charge is -2.36. The summed E-state index contributed by atoms with van der Waals surface area (Å²) in [5.74, 6) is 0.249. The molecule has 1 atom stereocenters. The molecule has 0 aromatic heterocycles. The van der Waals surface area contributed by atoms with E-state index in [1.54, 1.807) is 0 Å². The van der Waals surface area contributed by atoms with E-state index >= 15 is 0 Å². The highest BCUT2D eigenvalue weighted by atomic mass is 79.9. The number of hydrogen-bond donors (Lipinski definition) is 0. The molecule has 1 saturated heterocycles. The van der Waals surface area contributed by atoms with Crippen molar-refractivity contribution in [1.82, 2.24) is 4.90 Å². The smallest absolute Gasteiger partial charge is 0.228 e. The van der Waals surface area contributed by atoms with Gasteiger partial charge in [-0.2, -0.15) is 0 Å². The number of ether oxygens (including phenoxy) is 1. The number of amides is 1. The molecule has 0 spiro atoms. The Hall–Kier alpha value is -0.0900. The summed E-state index contributed by atoms with van der Waals surface area (Å²) in [6.45, 7) is 8.17. The van der Waals surface area contributed by atoms with Crippen molar-refractivity contribution in [3.8, 4) is 0 Å². The normalized spacial score (nSPS) is 22.9. The molecule has 1 rings (SSSR count). The molecule has 1 fully saturated rings. The Morgan fingerprint density at radius 1 is 1.60 bits per heavy atom. The van der Waals surface area contributed by atoms with E-state index in [-0.39, 0.29) is 17.4 Å². The van der Waals surface area contributed by atoms with Crippen molar-refractivity contribution in [3.05, 3.63) is 0 Å². The molecule has 0 aliphatic carbocycles. The van der Waals surface area contributed by atoms with Gasteiger partial charge >= 0.3 is 0 Å². The summed E-state index contributed by atoms with van der Waals surface area (Å²) < 4.78 is 5.51. The first-order valence-electron chi connectivity index (χ1n) is 5.48. The van der Waals surface area contributed by atoms with Gasteiger partial charge in [-0.15, -0.1) is 0 Å². The Bertz CT molecular complexity index is 231. The summed E-state index contributed by atoms with van der Waals surface area (Å²) in [5, 5.41) is 0.795. The molecule has 0 aromatic carbocycles. The van der Waals surface area contributed by atoms with E-state index in [0.29, 0.717) is 13.2 Å². The molecule has 0 bridgehead atoms. The summed E-state index contributed by atoms with van der Waals surface area (Å²) in [6.07, 6.45) is 1.03. The summed E-state index contributed by atoms with van der Waals surface area (Å²) in [7, 11) is 0. The highest BCUT2D eigenvalue weighted by Gasteiger charge is 2.33. The largest absolute Gasteiger partial charge is 0.374 e. The van der Waals surface area contributed by atoms with Crippen LogP contribution in [0, 0.1) is 5.41 Å². The van der Waals surface area contributed by atoms with Crippen LogP contribution in [0.4, 0.5) is 0 Å². The van der Waals surface area contributed by atoms with Gasteiger partial charge in [0.1, 0.15) is 0 Å². The van der Waals surface area contributed by atoms with Crippen LogP contribution in [0.25, 0.3) is 0 Å². The van der Waals surface area contributed by atoms with Gasteiger partial charge < -0.3 is 9.64 Å². The van der Waals surface area contributed by atoms with E-state index in [2.05, 4.69) is 22.9 Å². The number of halogens is 1. The second-order valence-electron chi connectivity index (χ2n) is 4.64. The molecule has 0 aromatic rings. The molecule has 1 aliphatic heterocycles. The van der Waals surface area contributed by atoms with Crippen LogP contribution in [0.3, 0.4) is 0 Å². The van der Waals surface area contributed by atoms with E-state index < -0.39 is 0 Å². The quantitative estimate of drug-likeness (QED) is 0.739. The molecule has 88 valence electrons. The zero-order valence-corrected chi connectivity index (χ0v) is 11.3. The third-order valence-electron chi connectivity index (χ3n) is 3.06. The van der Waals surface area contributed by atoms with Crippen molar-refractivity contribution in [2.45, 2.75) is 33.3 Å². The van der Waals surface area contributed by atoms with E-state index in [1.165, 1.54) is 0 Å².